The average Bonchev–Trinajstić information content (AvgIpc) is 2.50. The van der Waals surface area contributed by atoms with E-state index >= 15 is 0 Å². The Hall–Kier alpha value is -2.14. The fraction of sp³-hybridized carbons (Fsp3) is 0.188. The summed E-state index contributed by atoms with van der Waals surface area (Å²) in [6.07, 6.45) is -0.854. The lowest BCUT2D eigenvalue weighted by atomic mass is 10.2. The van der Waals surface area contributed by atoms with Gasteiger partial charge in [0.25, 0.3) is 5.91 Å². The van der Waals surface area contributed by atoms with Gasteiger partial charge in [-0.3, -0.25) is 4.79 Å². The highest BCUT2D eigenvalue weighted by Crippen LogP contribution is 2.17. The second kappa shape index (κ2) is 7.22. The number of carbonyl (C=O) groups excluding carboxylic acids is 1. The van der Waals surface area contributed by atoms with Gasteiger partial charge < -0.3 is 10.1 Å². The number of ether oxygens (including phenoxy) is 1. The second-order valence-corrected chi connectivity index (χ2v) is 5.05. The van der Waals surface area contributed by atoms with E-state index in [1.807, 2.05) is 6.07 Å². The van der Waals surface area contributed by atoms with E-state index in [0.717, 1.165) is 17.7 Å². The predicted octanol–water partition coefficient (Wildman–Crippen LogP) is 3.70. The zero-order valence-electron chi connectivity index (χ0n) is 11.8. The molecule has 0 unspecified atom stereocenters. The van der Waals surface area contributed by atoms with Gasteiger partial charge in [0, 0.05) is 17.6 Å². The monoisotopic (exact) mass is 325 g/mol. The van der Waals surface area contributed by atoms with Crippen LogP contribution < -0.4 is 10.1 Å². The third-order valence-corrected chi connectivity index (χ3v) is 3.35. The first-order chi connectivity index (χ1) is 10.5. The van der Waals surface area contributed by atoms with Crippen molar-refractivity contribution in [2.24, 2.45) is 0 Å². The molecule has 0 saturated heterocycles. The minimum atomic E-state index is -1.03. The molecule has 1 atom stereocenters. The Morgan fingerprint density at radius 2 is 1.95 bits per heavy atom. The minimum Gasteiger partial charge on any atom is -0.481 e. The molecule has 0 aliphatic heterocycles. The smallest absolute Gasteiger partial charge is 0.261 e. The van der Waals surface area contributed by atoms with Gasteiger partial charge in [-0.25, -0.2) is 8.78 Å². The van der Waals surface area contributed by atoms with Gasteiger partial charge in [0.1, 0.15) is 5.75 Å². The molecule has 0 saturated carbocycles. The molecule has 0 aromatic heterocycles. The van der Waals surface area contributed by atoms with Crippen molar-refractivity contribution in [1.29, 1.82) is 0 Å². The molecule has 116 valence electrons. The van der Waals surface area contributed by atoms with Crippen LogP contribution in [0.15, 0.2) is 42.5 Å². The summed E-state index contributed by atoms with van der Waals surface area (Å²) in [5.41, 5.74) is 0.776. The van der Waals surface area contributed by atoms with Gasteiger partial charge in [-0.2, -0.15) is 0 Å². The standard InChI is InChI=1S/C16H14ClF2NO2/c1-10(22-12-6-7-14(18)15(19)8-12)16(21)20-9-11-4-2-3-5-13(11)17/h2-8,10H,9H2,1H3,(H,20,21)/t10-/m1/s1. The van der Waals surface area contributed by atoms with Crippen LogP contribution in [-0.2, 0) is 11.3 Å². The van der Waals surface area contributed by atoms with Crippen molar-refractivity contribution >= 4 is 17.5 Å². The molecule has 2 rings (SSSR count). The summed E-state index contributed by atoms with van der Waals surface area (Å²) in [5, 5.41) is 3.22. The first kappa shape index (κ1) is 16.2. The van der Waals surface area contributed by atoms with Crippen molar-refractivity contribution < 1.29 is 18.3 Å². The van der Waals surface area contributed by atoms with Crippen LogP contribution in [0.5, 0.6) is 5.75 Å². The highest BCUT2D eigenvalue weighted by molar-refractivity contribution is 6.31. The molecule has 2 aromatic rings. The molecule has 1 N–H and O–H groups in total. The van der Waals surface area contributed by atoms with Gasteiger partial charge in [-0.15, -0.1) is 0 Å². The van der Waals surface area contributed by atoms with Crippen molar-refractivity contribution in [1.82, 2.24) is 5.32 Å². The number of rotatable bonds is 5. The molecular weight excluding hydrogens is 312 g/mol. The average molecular weight is 326 g/mol. The molecule has 0 fully saturated rings. The molecule has 1 amide bonds. The third-order valence-electron chi connectivity index (χ3n) is 2.98. The first-order valence-corrected chi connectivity index (χ1v) is 6.98. The summed E-state index contributed by atoms with van der Waals surface area (Å²) in [6, 6.07) is 10.2. The zero-order chi connectivity index (χ0) is 16.1. The van der Waals surface area contributed by atoms with Crippen molar-refractivity contribution in [2.75, 3.05) is 0 Å². The van der Waals surface area contributed by atoms with Crippen LogP contribution in [-0.4, -0.2) is 12.0 Å². The quantitative estimate of drug-likeness (QED) is 0.910. The summed E-state index contributed by atoms with van der Waals surface area (Å²) < 4.78 is 31.2. The molecule has 0 radical (unpaired) electrons. The van der Waals surface area contributed by atoms with Gasteiger partial charge in [-0.05, 0) is 30.7 Å². The van der Waals surface area contributed by atoms with Crippen molar-refractivity contribution in [3.63, 3.8) is 0 Å². The Morgan fingerprint density at radius 1 is 1.23 bits per heavy atom. The number of amides is 1. The molecule has 2 aromatic carbocycles. The predicted molar refractivity (Wildman–Crippen MR) is 79.7 cm³/mol. The Bertz CT molecular complexity index is 679. The van der Waals surface area contributed by atoms with E-state index in [4.69, 9.17) is 16.3 Å². The zero-order valence-corrected chi connectivity index (χ0v) is 12.5. The van der Waals surface area contributed by atoms with Gasteiger partial charge in [0.05, 0.1) is 0 Å². The maximum atomic E-state index is 13.1. The maximum Gasteiger partial charge on any atom is 0.261 e. The highest BCUT2D eigenvalue weighted by atomic mass is 35.5. The van der Waals surface area contributed by atoms with Crippen molar-refractivity contribution in [2.45, 2.75) is 19.6 Å². The Morgan fingerprint density at radius 3 is 2.64 bits per heavy atom. The minimum absolute atomic E-state index is 0.0827. The van der Waals surface area contributed by atoms with E-state index in [9.17, 15) is 13.6 Å². The number of halogens is 3. The SMILES string of the molecule is C[C@@H](Oc1ccc(F)c(F)c1)C(=O)NCc1ccccc1Cl. The molecule has 0 bridgehead atoms. The van der Waals surface area contributed by atoms with Crippen LogP contribution in [0.3, 0.4) is 0 Å². The Labute approximate surface area is 131 Å². The Balaban J connectivity index is 1.92. The summed E-state index contributed by atoms with van der Waals surface area (Å²) in [4.78, 5) is 11.9. The number of nitrogens with one attached hydrogen (secondary N) is 1. The highest BCUT2D eigenvalue weighted by Gasteiger charge is 2.15. The molecule has 0 heterocycles. The maximum absolute atomic E-state index is 13.1. The lowest BCUT2D eigenvalue weighted by Crippen LogP contribution is -2.36. The first-order valence-electron chi connectivity index (χ1n) is 6.60. The molecule has 0 spiro atoms. The molecule has 6 heteroatoms. The van der Waals surface area contributed by atoms with Crippen LogP contribution in [0.25, 0.3) is 0 Å². The fourth-order valence-corrected chi connectivity index (χ4v) is 1.98. The van der Waals surface area contributed by atoms with E-state index in [1.54, 1.807) is 18.2 Å². The number of hydrogen-bond donors (Lipinski definition) is 1. The fourth-order valence-electron chi connectivity index (χ4n) is 1.78. The van der Waals surface area contributed by atoms with Crippen LogP contribution in [0, 0.1) is 11.6 Å². The van der Waals surface area contributed by atoms with Gasteiger partial charge in [-0.1, -0.05) is 29.8 Å². The lowest BCUT2D eigenvalue weighted by Gasteiger charge is -2.15. The number of benzene rings is 2. The van der Waals surface area contributed by atoms with E-state index < -0.39 is 17.7 Å². The molecule has 0 aliphatic rings. The summed E-state index contributed by atoms with van der Waals surface area (Å²) in [5.74, 6) is -2.30. The van der Waals surface area contributed by atoms with Crippen molar-refractivity contribution in [3.05, 3.63) is 64.7 Å². The van der Waals surface area contributed by atoms with Crippen molar-refractivity contribution in [3.8, 4) is 5.75 Å². The van der Waals surface area contributed by atoms with Gasteiger partial charge >= 0.3 is 0 Å². The molecule has 0 aliphatic carbocycles. The van der Waals surface area contributed by atoms with E-state index in [2.05, 4.69) is 5.32 Å². The summed E-state index contributed by atoms with van der Waals surface area (Å²) >= 11 is 5.99. The molecule has 3 nitrogen and oxygen atoms in total. The van der Waals surface area contributed by atoms with E-state index in [0.29, 0.717) is 5.02 Å². The number of carbonyl (C=O) groups is 1. The molecular formula is C16H14ClF2NO2. The molecule has 22 heavy (non-hydrogen) atoms. The summed E-state index contributed by atoms with van der Waals surface area (Å²) in [6.45, 7) is 1.77. The van der Waals surface area contributed by atoms with Crippen LogP contribution >= 0.6 is 11.6 Å². The number of hydrogen-bond acceptors (Lipinski definition) is 2. The van der Waals surface area contributed by atoms with Crippen LogP contribution in [0.4, 0.5) is 8.78 Å². The van der Waals surface area contributed by atoms with Crippen LogP contribution in [0.1, 0.15) is 12.5 Å². The second-order valence-electron chi connectivity index (χ2n) is 4.65. The normalized spacial score (nSPS) is 11.8. The van der Waals surface area contributed by atoms with E-state index in [-0.39, 0.29) is 18.2 Å². The lowest BCUT2D eigenvalue weighted by molar-refractivity contribution is -0.127. The topological polar surface area (TPSA) is 38.3 Å². The van der Waals surface area contributed by atoms with Gasteiger partial charge in [0.2, 0.25) is 0 Å². The summed E-state index contributed by atoms with van der Waals surface area (Å²) in [7, 11) is 0. The van der Waals surface area contributed by atoms with Crippen LogP contribution in [0.2, 0.25) is 5.02 Å². The largest absolute Gasteiger partial charge is 0.481 e. The third kappa shape index (κ3) is 4.18. The van der Waals surface area contributed by atoms with E-state index in [1.165, 1.54) is 13.0 Å². The van der Waals surface area contributed by atoms with Gasteiger partial charge in [0.15, 0.2) is 17.7 Å². The Kier molecular flexibility index (Phi) is 5.33.